The van der Waals surface area contributed by atoms with Crippen LogP contribution < -0.4 is 5.56 Å². The Morgan fingerprint density at radius 3 is 2.14 bits per heavy atom. The van der Waals surface area contributed by atoms with Crippen molar-refractivity contribution in [3.05, 3.63) is 51.9 Å². The average molecular weight is 300 g/mol. The fourth-order valence-electron chi connectivity index (χ4n) is 1.71. The van der Waals surface area contributed by atoms with Gasteiger partial charge in [-0.25, -0.2) is 4.68 Å². The highest BCUT2D eigenvalue weighted by molar-refractivity contribution is 6.00. The van der Waals surface area contributed by atoms with E-state index in [4.69, 9.17) is 0 Å². The van der Waals surface area contributed by atoms with E-state index in [1.807, 2.05) is 13.8 Å². The number of aryl methyl sites for hydroxylation is 1. The van der Waals surface area contributed by atoms with Crippen LogP contribution >= 0.6 is 0 Å². The number of ketones is 1. The number of nitrogens with one attached hydrogen (secondary N) is 1. The molecule has 1 aromatic heterocycles. The lowest BCUT2D eigenvalue weighted by Gasteiger charge is -2.02. The molecule has 0 saturated carbocycles. The van der Waals surface area contributed by atoms with Crippen molar-refractivity contribution in [1.82, 2.24) is 9.78 Å². The fraction of sp³-hybridized carbons (Fsp3) is 0.286. The van der Waals surface area contributed by atoms with Crippen LogP contribution in [0.5, 0.6) is 0 Å². The molecule has 2 rings (SSSR count). The molecule has 2 aromatic rings. The van der Waals surface area contributed by atoms with Crippen molar-refractivity contribution >= 4 is 5.78 Å². The third kappa shape index (κ3) is 3.42. The van der Waals surface area contributed by atoms with Crippen LogP contribution in [0.15, 0.2) is 35.1 Å². The smallest absolute Gasteiger partial charge is 0.295 e. The number of aromatic amines is 1. The number of alkyl halides is 3. The molecule has 0 bridgehead atoms. The zero-order valence-electron chi connectivity index (χ0n) is 11.8. The van der Waals surface area contributed by atoms with Gasteiger partial charge in [-0.3, -0.25) is 14.7 Å². The summed E-state index contributed by atoms with van der Waals surface area (Å²) in [5, 5.41) is 2.47. The quantitative estimate of drug-likeness (QED) is 0.866. The van der Waals surface area contributed by atoms with E-state index in [9.17, 15) is 22.8 Å². The summed E-state index contributed by atoms with van der Waals surface area (Å²) in [5.41, 5.74) is -1.64. The van der Waals surface area contributed by atoms with Crippen LogP contribution in [0.3, 0.4) is 0 Å². The van der Waals surface area contributed by atoms with Gasteiger partial charge in [0.05, 0.1) is 5.69 Å². The van der Waals surface area contributed by atoms with E-state index in [2.05, 4.69) is 5.10 Å². The van der Waals surface area contributed by atoms with E-state index < -0.39 is 23.1 Å². The lowest BCUT2D eigenvalue weighted by Crippen LogP contribution is -2.29. The summed E-state index contributed by atoms with van der Waals surface area (Å²) in [6.07, 6.45) is -5.07. The van der Waals surface area contributed by atoms with Gasteiger partial charge in [0, 0.05) is 5.69 Å². The van der Waals surface area contributed by atoms with E-state index in [1.165, 1.54) is 6.92 Å². The maximum absolute atomic E-state index is 12.4. The number of Topliss-reactive ketones (excluding diaryl/α,β-unsaturated/α-hetero) is 1. The number of aromatic nitrogens is 2. The van der Waals surface area contributed by atoms with Crippen LogP contribution in [0.25, 0.3) is 5.69 Å². The topological polar surface area (TPSA) is 54.9 Å². The highest BCUT2D eigenvalue weighted by Gasteiger charge is 2.42. The van der Waals surface area contributed by atoms with Crippen molar-refractivity contribution in [2.45, 2.75) is 26.9 Å². The molecule has 0 amide bonds. The van der Waals surface area contributed by atoms with Crippen molar-refractivity contribution in [1.29, 1.82) is 0 Å². The molecule has 0 saturated heterocycles. The molecule has 0 aliphatic rings. The summed E-state index contributed by atoms with van der Waals surface area (Å²) in [6.45, 7) is 5.25. The lowest BCUT2D eigenvalue weighted by molar-refractivity contribution is -0.0886. The summed E-state index contributed by atoms with van der Waals surface area (Å²) in [7, 11) is 0. The Bertz CT molecular complexity index is 670. The van der Waals surface area contributed by atoms with E-state index in [0.29, 0.717) is 5.69 Å². The second-order valence-corrected chi connectivity index (χ2v) is 3.91. The Labute approximate surface area is 119 Å². The van der Waals surface area contributed by atoms with Gasteiger partial charge in [0.15, 0.2) is 0 Å². The molecule has 114 valence electrons. The Hall–Kier alpha value is -2.31. The molecule has 7 heteroatoms. The maximum Gasteiger partial charge on any atom is 0.455 e. The largest absolute Gasteiger partial charge is 0.455 e. The highest BCUT2D eigenvalue weighted by atomic mass is 19.4. The molecule has 0 fully saturated rings. The zero-order valence-corrected chi connectivity index (χ0v) is 11.8. The number of hydrogen-bond acceptors (Lipinski definition) is 2. The van der Waals surface area contributed by atoms with E-state index in [0.717, 1.165) is 4.68 Å². The Morgan fingerprint density at radius 1 is 1.14 bits per heavy atom. The SMILES string of the molecule is CC.Cc1[nH]n(-c2ccccc2)c(=O)c1C(=O)C(F)(F)F. The Kier molecular flexibility index (Phi) is 5.12. The van der Waals surface area contributed by atoms with Crippen LogP contribution in [-0.4, -0.2) is 21.7 Å². The van der Waals surface area contributed by atoms with Crippen molar-refractivity contribution in [3.63, 3.8) is 0 Å². The minimum atomic E-state index is -5.07. The molecular weight excluding hydrogens is 285 g/mol. The second-order valence-electron chi connectivity index (χ2n) is 3.91. The van der Waals surface area contributed by atoms with E-state index in [1.54, 1.807) is 30.3 Å². The number of H-pyrrole nitrogens is 1. The van der Waals surface area contributed by atoms with Crippen LogP contribution in [-0.2, 0) is 0 Å². The van der Waals surface area contributed by atoms with Crippen LogP contribution in [0.4, 0.5) is 13.2 Å². The van der Waals surface area contributed by atoms with Gasteiger partial charge in [-0.2, -0.15) is 13.2 Å². The van der Waals surface area contributed by atoms with E-state index in [-0.39, 0.29) is 5.69 Å². The van der Waals surface area contributed by atoms with Gasteiger partial charge in [-0.15, -0.1) is 0 Å². The van der Waals surface area contributed by atoms with Crippen LogP contribution in [0.2, 0.25) is 0 Å². The summed E-state index contributed by atoms with van der Waals surface area (Å²) < 4.78 is 38.1. The predicted molar refractivity (Wildman–Crippen MR) is 72.9 cm³/mol. The molecular formula is C14H15F3N2O2. The molecule has 4 nitrogen and oxygen atoms in total. The molecule has 0 unspecified atom stereocenters. The molecule has 1 N–H and O–H groups in total. The maximum atomic E-state index is 12.4. The Morgan fingerprint density at radius 2 is 1.67 bits per heavy atom. The molecule has 0 aliphatic carbocycles. The summed E-state index contributed by atoms with van der Waals surface area (Å²) in [6, 6.07) is 8.04. The first-order valence-electron chi connectivity index (χ1n) is 6.31. The van der Waals surface area contributed by atoms with Gasteiger partial charge in [-0.1, -0.05) is 32.0 Å². The second kappa shape index (κ2) is 6.43. The van der Waals surface area contributed by atoms with Gasteiger partial charge in [0.1, 0.15) is 5.56 Å². The van der Waals surface area contributed by atoms with Gasteiger partial charge < -0.3 is 0 Å². The zero-order chi connectivity index (χ0) is 16.2. The standard InChI is InChI=1S/C12H9F3N2O2.C2H6/c1-7-9(10(18)12(13,14)15)11(19)17(16-7)8-5-3-2-4-6-8;1-2/h2-6,16H,1H3;1-2H3. The third-order valence-corrected chi connectivity index (χ3v) is 2.57. The van der Waals surface area contributed by atoms with Crippen molar-refractivity contribution in [2.24, 2.45) is 0 Å². The van der Waals surface area contributed by atoms with Crippen LogP contribution in [0, 0.1) is 6.92 Å². The van der Waals surface area contributed by atoms with Gasteiger partial charge in [0.2, 0.25) is 0 Å². The number of halogens is 3. The third-order valence-electron chi connectivity index (χ3n) is 2.57. The molecule has 1 heterocycles. The molecule has 1 aromatic carbocycles. The summed E-state index contributed by atoms with van der Waals surface area (Å²) in [5.74, 6) is -2.14. The normalized spacial score (nSPS) is 10.8. The first-order chi connectivity index (χ1) is 9.82. The highest BCUT2D eigenvalue weighted by Crippen LogP contribution is 2.21. The van der Waals surface area contributed by atoms with Crippen molar-refractivity contribution in [2.75, 3.05) is 0 Å². The summed E-state index contributed by atoms with van der Waals surface area (Å²) in [4.78, 5) is 23.1. The van der Waals surface area contributed by atoms with Gasteiger partial charge in [0.25, 0.3) is 11.3 Å². The molecule has 0 aliphatic heterocycles. The van der Waals surface area contributed by atoms with E-state index >= 15 is 0 Å². The first-order valence-corrected chi connectivity index (χ1v) is 6.31. The predicted octanol–water partition coefficient (Wildman–Crippen LogP) is 3.25. The number of hydrogen-bond donors (Lipinski definition) is 1. The number of carbonyl (C=O) groups is 1. The fourth-order valence-corrected chi connectivity index (χ4v) is 1.71. The number of carbonyl (C=O) groups excluding carboxylic acids is 1. The monoisotopic (exact) mass is 300 g/mol. The Balaban J connectivity index is 0.00000106. The van der Waals surface area contributed by atoms with Crippen molar-refractivity contribution < 1.29 is 18.0 Å². The van der Waals surface area contributed by atoms with Crippen molar-refractivity contribution in [3.8, 4) is 5.69 Å². The first kappa shape index (κ1) is 16.7. The van der Waals surface area contributed by atoms with Crippen LogP contribution in [0.1, 0.15) is 29.9 Å². The lowest BCUT2D eigenvalue weighted by atomic mass is 10.1. The number of benzene rings is 1. The summed E-state index contributed by atoms with van der Waals surface area (Å²) >= 11 is 0. The molecule has 0 radical (unpaired) electrons. The molecule has 0 atom stereocenters. The average Bonchev–Trinajstić information content (AvgIpc) is 2.75. The van der Waals surface area contributed by atoms with Gasteiger partial charge >= 0.3 is 6.18 Å². The number of rotatable bonds is 2. The van der Waals surface area contributed by atoms with Gasteiger partial charge in [-0.05, 0) is 19.1 Å². The molecule has 21 heavy (non-hydrogen) atoms. The minimum absolute atomic E-state index is 0.115. The number of nitrogens with zero attached hydrogens (tertiary/aromatic N) is 1. The minimum Gasteiger partial charge on any atom is -0.295 e. The molecule has 0 spiro atoms. The number of para-hydroxylation sites is 1.